The Kier molecular flexibility index (Phi) is 6.44. The zero-order chi connectivity index (χ0) is 22.0. The van der Waals surface area contributed by atoms with Gasteiger partial charge in [-0.15, -0.1) is 0 Å². The molecule has 0 aliphatic carbocycles. The molecule has 0 saturated carbocycles. The van der Waals surface area contributed by atoms with Crippen molar-refractivity contribution in [1.29, 1.82) is 0 Å². The monoisotopic (exact) mass is 442 g/mol. The zero-order valence-corrected chi connectivity index (χ0v) is 19.2. The third-order valence-electron chi connectivity index (χ3n) is 6.30. The standard InChI is InChI=1S/C25H31ClN2O3/c1-25(2)15-22(20-9-8-19(30-3)14-23(20)31-25)27-24(29)17-10-12-28(13-11-17)16-18-6-4-5-7-21(18)26/h4-9,14,17,22H,10-13,15-16H2,1-3H3,(H,27,29)/t22-/m0/s1. The summed E-state index contributed by atoms with van der Waals surface area (Å²) in [6, 6.07) is 13.7. The van der Waals surface area contributed by atoms with Crippen LogP contribution < -0.4 is 14.8 Å². The molecule has 0 unspecified atom stereocenters. The number of rotatable bonds is 5. The van der Waals surface area contributed by atoms with E-state index in [0.29, 0.717) is 0 Å². The number of nitrogens with zero attached hydrogens (tertiary/aromatic N) is 1. The maximum atomic E-state index is 13.1. The van der Waals surface area contributed by atoms with Crippen molar-refractivity contribution in [3.05, 3.63) is 58.6 Å². The van der Waals surface area contributed by atoms with Gasteiger partial charge in [-0.1, -0.05) is 29.8 Å². The molecule has 166 valence electrons. The molecular formula is C25H31ClN2O3. The first kappa shape index (κ1) is 22.0. The van der Waals surface area contributed by atoms with E-state index < -0.39 is 0 Å². The maximum Gasteiger partial charge on any atom is 0.223 e. The normalized spacial score (nSPS) is 21.1. The third kappa shape index (κ3) is 5.16. The molecule has 0 bridgehead atoms. The SMILES string of the molecule is COc1ccc2c(c1)OC(C)(C)C[C@@H]2NC(=O)C1CCN(Cc2ccccc2Cl)CC1. The van der Waals surface area contributed by atoms with Crippen molar-refractivity contribution < 1.29 is 14.3 Å². The first-order valence-electron chi connectivity index (χ1n) is 11.0. The van der Waals surface area contributed by atoms with Crippen LogP contribution in [-0.4, -0.2) is 36.6 Å². The summed E-state index contributed by atoms with van der Waals surface area (Å²) in [5.74, 6) is 1.72. The van der Waals surface area contributed by atoms with Gasteiger partial charge in [0.15, 0.2) is 0 Å². The highest BCUT2D eigenvalue weighted by Crippen LogP contribution is 2.41. The summed E-state index contributed by atoms with van der Waals surface area (Å²) in [5, 5.41) is 4.12. The van der Waals surface area contributed by atoms with Crippen LogP contribution >= 0.6 is 11.6 Å². The molecular weight excluding hydrogens is 412 g/mol. The van der Waals surface area contributed by atoms with E-state index in [9.17, 15) is 4.79 Å². The van der Waals surface area contributed by atoms with Gasteiger partial charge < -0.3 is 14.8 Å². The van der Waals surface area contributed by atoms with Crippen LogP contribution in [0.25, 0.3) is 0 Å². The molecule has 31 heavy (non-hydrogen) atoms. The average molecular weight is 443 g/mol. The second-order valence-electron chi connectivity index (χ2n) is 9.17. The Morgan fingerprint density at radius 3 is 2.68 bits per heavy atom. The Labute approximate surface area is 189 Å². The first-order valence-corrected chi connectivity index (χ1v) is 11.4. The van der Waals surface area contributed by atoms with Gasteiger partial charge >= 0.3 is 0 Å². The number of ether oxygens (including phenoxy) is 2. The number of hydrogen-bond acceptors (Lipinski definition) is 4. The van der Waals surface area contributed by atoms with Crippen molar-refractivity contribution in [1.82, 2.24) is 10.2 Å². The van der Waals surface area contributed by atoms with Gasteiger partial charge in [-0.3, -0.25) is 9.69 Å². The van der Waals surface area contributed by atoms with Crippen molar-refractivity contribution in [3.63, 3.8) is 0 Å². The summed E-state index contributed by atoms with van der Waals surface area (Å²) >= 11 is 6.31. The number of hydrogen-bond donors (Lipinski definition) is 1. The highest BCUT2D eigenvalue weighted by molar-refractivity contribution is 6.31. The van der Waals surface area contributed by atoms with Gasteiger partial charge in [0.1, 0.15) is 17.1 Å². The minimum absolute atomic E-state index is 0.0372. The fraction of sp³-hybridized carbons (Fsp3) is 0.480. The number of methoxy groups -OCH3 is 1. The molecule has 0 spiro atoms. The van der Waals surface area contributed by atoms with E-state index in [1.807, 2.05) is 36.4 Å². The molecule has 1 atom stereocenters. The molecule has 1 N–H and O–H groups in total. The van der Waals surface area contributed by atoms with E-state index in [-0.39, 0.29) is 23.5 Å². The van der Waals surface area contributed by atoms with Crippen LogP contribution in [0.3, 0.4) is 0 Å². The molecule has 2 aliphatic heterocycles. The third-order valence-corrected chi connectivity index (χ3v) is 6.67. The summed E-state index contributed by atoms with van der Waals surface area (Å²) in [7, 11) is 1.65. The van der Waals surface area contributed by atoms with E-state index in [1.54, 1.807) is 7.11 Å². The fourth-order valence-electron chi connectivity index (χ4n) is 4.60. The number of halogens is 1. The fourth-order valence-corrected chi connectivity index (χ4v) is 4.79. The summed E-state index contributed by atoms with van der Waals surface area (Å²) in [4.78, 5) is 15.5. The van der Waals surface area contributed by atoms with Crippen molar-refractivity contribution in [2.24, 2.45) is 5.92 Å². The van der Waals surface area contributed by atoms with E-state index in [0.717, 1.165) is 66.5 Å². The molecule has 1 fully saturated rings. The Morgan fingerprint density at radius 1 is 1.23 bits per heavy atom. The minimum Gasteiger partial charge on any atom is -0.497 e. The quantitative estimate of drug-likeness (QED) is 0.709. The number of benzene rings is 2. The smallest absolute Gasteiger partial charge is 0.223 e. The number of carbonyl (C=O) groups excluding carboxylic acids is 1. The molecule has 1 saturated heterocycles. The van der Waals surface area contributed by atoms with Crippen LogP contribution in [0.2, 0.25) is 5.02 Å². The molecule has 2 aliphatic rings. The van der Waals surface area contributed by atoms with Crippen molar-refractivity contribution in [2.75, 3.05) is 20.2 Å². The maximum absolute atomic E-state index is 13.1. The predicted molar refractivity (Wildman–Crippen MR) is 123 cm³/mol. The highest BCUT2D eigenvalue weighted by Gasteiger charge is 2.36. The number of carbonyl (C=O) groups is 1. The predicted octanol–water partition coefficient (Wildman–Crippen LogP) is 4.98. The summed E-state index contributed by atoms with van der Waals surface area (Å²) < 4.78 is 11.5. The Bertz CT molecular complexity index is 938. The topological polar surface area (TPSA) is 50.8 Å². The molecule has 0 aromatic heterocycles. The average Bonchev–Trinajstić information content (AvgIpc) is 2.74. The molecule has 0 radical (unpaired) electrons. The lowest BCUT2D eigenvalue weighted by molar-refractivity contribution is -0.127. The largest absolute Gasteiger partial charge is 0.497 e. The lowest BCUT2D eigenvalue weighted by Gasteiger charge is -2.39. The summed E-state index contributed by atoms with van der Waals surface area (Å²) in [6.45, 7) is 6.74. The Hall–Kier alpha value is -2.24. The van der Waals surface area contributed by atoms with Crippen molar-refractivity contribution in [2.45, 2.75) is 51.3 Å². The summed E-state index contributed by atoms with van der Waals surface area (Å²) in [6.07, 6.45) is 2.46. The molecule has 1 amide bonds. The lowest BCUT2D eigenvalue weighted by Crippen LogP contribution is -2.45. The Balaban J connectivity index is 1.37. The van der Waals surface area contributed by atoms with E-state index in [1.165, 1.54) is 0 Å². The molecule has 2 aromatic carbocycles. The summed E-state index contributed by atoms with van der Waals surface area (Å²) in [5.41, 5.74) is 1.81. The first-order chi connectivity index (χ1) is 14.8. The van der Waals surface area contributed by atoms with Crippen molar-refractivity contribution in [3.8, 4) is 11.5 Å². The molecule has 2 heterocycles. The van der Waals surface area contributed by atoms with Gasteiger partial charge in [-0.05, 0) is 63.5 Å². The number of amides is 1. The van der Waals surface area contributed by atoms with Crippen LogP contribution in [0.1, 0.15) is 50.3 Å². The number of fused-ring (bicyclic) bond motifs is 1. The van der Waals surface area contributed by atoms with E-state index >= 15 is 0 Å². The van der Waals surface area contributed by atoms with Crippen LogP contribution in [-0.2, 0) is 11.3 Å². The number of likely N-dealkylation sites (tertiary alicyclic amines) is 1. The zero-order valence-electron chi connectivity index (χ0n) is 18.5. The van der Waals surface area contributed by atoms with Gasteiger partial charge in [0.05, 0.1) is 13.2 Å². The lowest BCUT2D eigenvalue weighted by atomic mass is 9.88. The van der Waals surface area contributed by atoms with Crippen LogP contribution in [0, 0.1) is 5.92 Å². The number of piperidine rings is 1. The highest BCUT2D eigenvalue weighted by atomic mass is 35.5. The van der Waals surface area contributed by atoms with Gasteiger partial charge in [-0.25, -0.2) is 0 Å². The molecule has 5 nitrogen and oxygen atoms in total. The van der Waals surface area contributed by atoms with Crippen LogP contribution in [0.5, 0.6) is 11.5 Å². The number of nitrogens with one attached hydrogen (secondary N) is 1. The Morgan fingerprint density at radius 2 is 1.97 bits per heavy atom. The van der Waals surface area contributed by atoms with Gasteiger partial charge in [0.25, 0.3) is 0 Å². The van der Waals surface area contributed by atoms with Crippen LogP contribution in [0.4, 0.5) is 0 Å². The van der Waals surface area contributed by atoms with Crippen LogP contribution in [0.15, 0.2) is 42.5 Å². The van der Waals surface area contributed by atoms with Gasteiger partial charge in [0, 0.05) is 35.5 Å². The van der Waals surface area contributed by atoms with Gasteiger partial charge in [0.2, 0.25) is 5.91 Å². The van der Waals surface area contributed by atoms with Crippen molar-refractivity contribution >= 4 is 17.5 Å². The van der Waals surface area contributed by atoms with E-state index in [4.69, 9.17) is 21.1 Å². The molecule has 2 aromatic rings. The molecule has 4 rings (SSSR count). The second kappa shape index (κ2) is 9.09. The molecule has 6 heteroatoms. The second-order valence-corrected chi connectivity index (χ2v) is 9.58. The minimum atomic E-state index is -0.352. The van der Waals surface area contributed by atoms with Gasteiger partial charge in [-0.2, -0.15) is 0 Å². The van der Waals surface area contributed by atoms with E-state index in [2.05, 4.69) is 30.1 Å².